The van der Waals surface area contributed by atoms with Gasteiger partial charge in [0.05, 0.1) is 6.33 Å². The van der Waals surface area contributed by atoms with Crippen LogP contribution in [0.5, 0.6) is 0 Å². The molecule has 5 nitrogen and oxygen atoms in total. The molecule has 0 aliphatic rings. The van der Waals surface area contributed by atoms with Crippen molar-refractivity contribution in [3.8, 4) is 0 Å². The van der Waals surface area contributed by atoms with Crippen molar-refractivity contribution in [1.82, 2.24) is 15.0 Å². The van der Waals surface area contributed by atoms with Crippen LogP contribution in [0.4, 0.5) is 0 Å². The summed E-state index contributed by atoms with van der Waals surface area (Å²) in [6.07, 6.45) is 4.89. The van der Waals surface area contributed by atoms with E-state index in [0.29, 0.717) is 0 Å². The van der Waals surface area contributed by atoms with Gasteiger partial charge >= 0.3 is 0 Å². The molecule has 0 fully saturated rings. The molecule has 1 aromatic heterocycles. The zero-order valence-corrected chi connectivity index (χ0v) is 8.64. The Hall–Kier alpha value is -0.780. The van der Waals surface area contributed by atoms with Crippen LogP contribution in [0.25, 0.3) is 0 Å². The van der Waals surface area contributed by atoms with Crippen molar-refractivity contribution in [2.75, 3.05) is 0 Å². The molecule has 0 radical (unpaired) electrons. The Morgan fingerprint density at radius 2 is 2.23 bits per heavy atom. The fourth-order valence-electron chi connectivity index (χ4n) is 0.755. The zero-order chi connectivity index (χ0) is 8.27. The smallest absolute Gasteiger partial charge is 0.256 e. The number of nitrogens with one attached hydrogen (secondary N) is 1. The van der Waals surface area contributed by atoms with Crippen LogP contribution < -0.4 is 11.3 Å². The van der Waals surface area contributed by atoms with Crippen molar-refractivity contribution < 1.29 is 4.79 Å². The maximum atomic E-state index is 10.9. The van der Waals surface area contributed by atoms with Gasteiger partial charge in [-0.15, -0.1) is 24.8 Å². The van der Waals surface area contributed by atoms with Gasteiger partial charge in [-0.2, -0.15) is 0 Å². The molecule has 76 valence electrons. The fraction of sp³-hybridized carbons (Fsp3) is 0.333. The maximum Gasteiger partial charge on any atom is 0.256 e. The third-order valence-electron chi connectivity index (χ3n) is 1.49. The lowest BCUT2D eigenvalue weighted by atomic mass is 10.3. The van der Waals surface area contributed by atoms with Gasteiger partial charge in [0.15, 0.2) is 0 Å². The SMILES string of the molecule is CC(C(=O)NN)n1ccnc1.Cl.Cl. The lowest BCUT2D eigenvalue weighted by Crippen LogP contribution is -2.35. The highest BCUT2D eigenvalue weighted by Gasteiger charge is 2.11. The summed E-state index contributed by atoms with van der Waals surface area (Å²) in [7, 11) is 0. The van der Waals surface area contributed by atoms with Crippen LogP contribution in [0, 0.1) is 0 Å². The number of imidazole rings is 1. The lowest BCUT2D eigenvalue weighted by molar-refractivity contribution is -0.123. The predicted octanol–water partition coefficient (Wildman–Crippen LogP) is 0.278. The second-order valence-corrected chi connectivity index (χ2v) is 2.19. The van der Waals surface area contributed by atoms with E-state index in [1.807, 2.05) is 0 Å². The molecule has 1 unspecified atom stereocenters. The Labute approximate surface area is 88.5 Å². The average molecular weight is 227 g/mol. The minimum atomic E-state index is -0.303. The number of hydrogen-bond acceptors (Lipinski definition) is 3. The monoisotopic (exact) mass is 226 g/mol. The quantitative estimate of drug-likeness (QED) is 0.433. The van der Waals surface area contributed by atoms with Crippen LogP contribution in [0.1, 0.15) is 13.0 Å². The van der Waals surface area contributed by atoms with Gasteiger partial charge in [-0.05, 0) is 6.92 Å². The topological polar surface area (TPSA) is 72.9 Å². The van der Waals surface area contributed by atoms with Gasteiger partial charge in [0.25, 0.3) is 5.91 Å². The van der Waals surface area contributed by atoms with E-state index in [0.717, 1.165) is 0 Å². The highest BCUT2D eigenvalue weighted by Crippen LogP contribution is 2.02. The van der Waals surface area contributed by atoms with Gasteiger partial charge in [0.2, 0.25) is 0 Å². The van der Waals surface area contributed by atoms with E-state index < -0.39 is 0 Å². The Balaban J connectivity index is 0. The van der Waals surface area contributed by atoms with Crippen LogP contribution in [-0.4, -0.2) is 15.5 Å². The molecule has 0 aliphatic carbocycles. The molecule has 1 aromatic rings. The van der Waals surface area contributed by atoms with Crippen LogP contribution in [0.2, 0.25) is 0 Å². The summed E-state index contributed by atoms with van der Waals surface area (Å²) in [5, 5.41) is 0. The second-order valence-electron chi connectivity index (χ2n) is 2.19. The summed E-state index contributed by atoms with van der Waals surface area (Å²) in [5.41, 5.74) is 2.07. The number of halogens is 2. The van der Waals surface area contributed by atoms with Crippen molar-refractivity contribution in [2.45, 2.75) is 13.0 Å². The molecule has 7 heteroatoms. The molecule has 1 amide bonds. The Morgan fingerprint density at radius 1 is 1.62 bits per heavy atom. The number of carbonyl (C=O) groups excluding carboxylic acids is 1. The highest BCUT2D eigenvalue weighted by atomic mass is 35.5. The number of rotatable bonds is 2. The first-order chi connectivity index (χ1) is 5.25. The van der Waals surface area contributed by atoms with E-state index in [4.69, 9.17) is 5.84 Å². The van der Waals surface area contributed by atoms with E-state index in [2.05, 4.69) is 10.4 Å². The summed E-state index contributed by atoms with van der Waals surface area (Å²) in [5.74, 6) is 4.71. The van der Waals surface area contributed by atoms with Gasteiger partial charge in [-0.3, -0.25) is 10.2 Å². The first-order valence-corrected chi connectivity index (χ1v) is 3.23. The van der Waals surface area contributed by atoms with Crippen molar-refractivity contribution in [3.05, 3.63) is 18.7 Å². The zero-order valence-electron chi connectivity index (χ0n) is 7.01. The molecule has 0 bridgehead atoms. The standard InChI is InChI=1S/C6H10N4O.2ClH/c1-5(6(11)9-7)10-3-2-8-4-10;;/h2-5H,7H2,1H3,(H,9,11);2*1H. The molecule has 0 saturated heterocycles. The molecule has 13 heavy (non-hydrogen) atoms. The van der Waals surface area contributed by atoms with Gasteiger partial charge in [0.1, 0.15) is 6.04 Å². The molecular weight excluding hydrogens is 215 g/mol. The second kappa shape index (κ2) is 6.71. The van der Waals surface area contributed by atoms with E-state index in [1.54, 1.807) is 30.2 Å². The largest absolute Gasteiger partial charge is 0.325 e. The number of hydrogen-bond donors (Lipinski definition) is 2. The van der Waals surface area contributed by atoms with Crippen LogP contribution in [0.15, 0.2) is 18.7 Å². The number of aromatic nitrogens is 2. The van der Waals surface area contributed by atoms with Gasteiger partial charge in [-0.1, -0.05) is 0 Å². The molecule has 3 N–H and O–H groups in total. The molecule has 0 saturated carbocycles. The van der Waals surface area contributed by atoms with E-state index in [-0.39, 0.29) is 36.8 Å². The minimum absolute atomic E-state index is 0. The summed E-state index contributed by atoms with van der Waals surface area (Å²) >= 11 is 0. The van der Waals surface area contributed by atoms with E-state index in [1.165, 1.54) is 0 Å². The Bertz CT molecular complexity index is 239. The van der Waals surface area contributed by atoms with Crippen LogP contribution >= 0.6 is 24.8 Å². The van der Waals surface area contributed by atoms with Gasteiger partial charge < -0.3 is 4.57 Å². The molecule has 1 atom stereocenters. The van der Waals surface area contributed by atoms with Crippen LogP contribution in [-0.2, 0) is 4.79 Å². The van der Waals surface area contributed by atoms with Crippen molar-refractivity contribution >= 4 is 30.7 Å². The van der Waals surface area contributed by atoms with Crippen LogP contribution in [0.3, 0.4) is 0 Å². The van der Waals surface area contributed by atoms with E-state index >= 15 is 0 Å². The maximum absolute atomic E-state index is 10.9. The predicted molar refractivity (Wildman–Crippen MR) is 53.8 cm³/mol. The van der Waals surface area contributed by atoms with Crippen molar-refractivity contribution in [2.24, 2.45) is 5.84 Å². The van der Waals surface area contributed by atoms with Crippen molar-refractivity contribution in [1.29, 1.82) is 0 Å². The Morgan fingerprint density at radius 3 is 2.62 bits per heavy atom. The number of hydrazine groups is 1. The number of carbonyl (C=O) groups is 1. The van der Waals surface area contributed by atoms with Crippen molar-refractivity contribution in [3.63, 3.8) is 0 Å². The molecule has 1 rings (SSSR count). The van der Waals surface area contributed by atoms with Gasteiger partial charge in [0, 0.05) is 12.4 Å². The third kappa shape index (κ3) is 3.63. The average Bonchev–Trinajstić information content (AvgIpc) is 2.53. The summed E-state index contributed by atoms with van der Waals surface area (Å²) < 4.78 is 1.67. The number of nitrogens with two attached hydrogens (primary N) is 1. The summed E-state index contributed by atoms with van der Waals surface area (Å²) in [6.45, 7) is 1.74. The molecule has 0 aliphatic heterocycles. The van der Waals surface area contributed by atoms with E-state index in [9.17, 15) is 4.79 Å². The molecule has 1 heterocycles. The Kier molecular flexibility index (Phi) is 7.60. The molecular formula is C6H12Cl2N4O. The summed E-state index contributed by atoms with van der Waals surface area (Å²) in [6, 6.07) is -0.303. The number of amides is 1. The summed E-state index contributed by atoms with van der Waals surface area (Å²) in [4.78, 5) is 14.7. The lowest BCUT2D eigenvalue weighted by Gasteiger charge is -2.09. The fourth-order valence-corrected chi connectivity index (χ4v) is 0.755. The highest BCUT2D eigenvalue weighted by molar-refractivity contribution is 5.85. The normalized spacial score (nSPS) is 10.6. The molecule has 0 aromatic carbocycles. The first kappa shape index (κ1) is 14.7. The minimum Gasteiger partial charge on any atom is -0.325 e. The third-order valence-corrected chi connectivity index (χ3v) is 1.49. The number of nitrogens with zero attached hydrogens (tertiary/aromatic N) is 2. The van der Waals surface area contributed by atoms with Gasteiger partial charge in [-0.25, -0.2) is 10.8 Å². The molecule has 0 spiro atoms. The first-order valence-electron chi connectivity index (χ1n) is 3.23.